The number of hydrogen-bond acceptors (Lipinski definition) is 5. The highest BCUT2D eigenvalue weighted by Gasteiger charge is 2.23. The minimum Gasteiger partial charge on any atom is -0.366 e. The Morgan fingerprint density at radius 2 is 1.74 bits per heavy atom. The number of rotatable bonds is 5. The van der Waals surface area contributed by atoms with Gasteiger partial charge in [-0.2, -0.15) is 0 Å². The van der Waals surface area contributed by atoms with Crippen LogP contribution in [0.1, 0.15) is 36.8 Å². The van der Waals surface area contributed by atoms with Gasteiger partial charge < -0.3 is 25.8 Å². The van der Waals surface area contributed by atoms with Gasteiger partial charge in [0.05, 0.1) is 17.3 Å². The molecule has 6 rings (SSSR count). The Bertz CT molecular complexity index is 1880. The van der Waals surface area contributed by atoms with Crippen molar-refractivity contribution in [3.63, 3.8) is 0 Å². The van der Waals surface area contributed by atoms with E-state index < -0.39 is 17.6 Å². The fourth-order valence-corrected chi connectivity index (χ4v) is 5.53. The third-order valence-electron chi connectivity index (χ3n) is 7.89. The second-order valence-electron chi connectivity index (χ2n) is 10.5. The first-order chi connectivity index (χ1) is 20.2. The van der Waals surface area contributed by atoms with Crippen LogP contribution in [0.2, 0.25) is 0 Å². The first-order valence-electron chi connectivity index (χ1n) is 13.6. The summed E-state index contributed by atoms with van der Waals surface area (Å²) in [5, 5.41) is 4.49. The predicted octanol–water partition coefficient (Wildman–Crippen LogP) is 4.99. The maximum Gasteiger partial charge on any atom is 0.274 e. The number of aromatic amines is 1. The molecule has 43 heavy (non-hydrogen) atoms. The number of anilines is 1. The highest BCUT2D eigenvalue weighted by atomic mass is 35.5. The molecule has 1 saturated heterocycles. The zero-order valence-corrected chi connectivity index (χ0v) is 24.4. The normalized spacial score (nSPS) is 13.6. The largest absolute Gasteiger partial charge is 0.366 e. The van der Waals surface area contributed by atoms with Crippen LogP contribution in [0.25, 0.3) is 32.9 Å². The number of aromatic nitrogens is 2. The molecule has 9 nitrogen and oxygen atoms in total. The van der Waals surface area contributed by atoms with Crippen LogP contribution in [-0.2, 0) is 0 Å². The highest BCUT2D eigenvalue weighted by Crippen LogP contribution is 2.39. The highest BCUT2D eigenvalue weighted by molar-refractivity contribution is 6.20. The summed E-state index contributed by atoms with van der Waals surface area (Å²) >= 11 is 0. The van der Waals surface area contributed by atoms with Crippen LogP contribution in [0.4, 0.5) is 10.1 Å². The minimum atomic E-state index is -0.573. The number of halogens is 2. The van der Waals surface area contributed by atoms with Gasteiger partial charge in [-0.1, -0.05) is 24.3 Å². The van der Waals surface area contributed by atoms with Crippen molar-refractivity contribution < 1.29 is 18.8 Å². The van der Waals surface area contributed by atoms with E-state index in [9.17, 15) is 18.8 Å². The number of pyridine rings is 1. The van der Waals surface area contributed by atoms with E-state index >= 15 is 0 Å². The summed E-state index contributed by atoms with van der Waals surface area (Å²) in [6, 6.07) is 17.1. The van der Waals surface area contributed by atoms with Crippen molar-refractivity contribution in [2.75, 3.05) is 38.5 Å². The Kier molecular flexibility index (Phi) is 8.16. The summed E-state index contributed by atoms with van der Waals surface area (Å²) in [4.78, 5) is 49.8. The summed E-state index contributed by atoms with van der Waals surface area (Å²) in [6.07, 6.45) is 0.996. The number of piperazine rings is 1. The van der Waals surface area contributed by atoms with Crippen LogP contribution in [0.3, 0.4) is 0 Å². The average molecular weight is 601 g/mol. The lowest BCUT2D eigenvalue weighted by molar-refractivity contribution is 0.0664. The molecule has 4 N–H and O–H groups in total. The molecule has 0 radical (unpaired) electrons. The maximum absolute atomic E-state index is 13.3. The van der Waals surface area contributed by atoms with Crippen LogP contribution in [0.15, 0.2) is 66.9 Å². The van der Waals surface area contributed by atoms with Gasteiger partial charge in [-0.25, -0.2) is 9.37 Å². The van der Waals surface area contributed by atoms with E-state index in [1.54, 1.807) is 12.1 Å². The SMILES string of the molecule is Cc1c(NC(=O)c2ccc(F)cn2)cccc1-c1ccc(C(N)=O)c2[nH]c3cc(C(=O)N4CCN(C)CC4)ccc3c12.Cl. The van der Waals surface area contributed by atoms with Crippen molar-refractivity contribution in [3.8, 4) is 11.1 Å². The molecular formula is C32H30ClFN6O3. The molecule has 0 bridgehead atoms. The van der Waals surface area contributed by atoms with Crippen molar-refractivity contribution in [1.82, 2.24) is 19.8 Å². The van der Waals surface area contributed by atoms with E-state index in [0.717, 1.165) is 46.7 Å². The third-order valence-corrected chi connectivity index (χ3v) is 7.89. The predicted molar refractivity (Wildman–Crippen MR) is 167 cm³/mol. The van der Waals surface area contributed by atoms with E-state index in [-0.39, 0.29) is 24.0 Å². The number of fused-ring (bicyclic) bond motifs is 3. The van der Waals surface area contributed by atoms with Gasteiger partial charge in [-0.15, -0.1) is 12.4 Å². The molecule has 1 aliphatic rings. The van der Waals surface area contributed by atoms with Crippen molar-refractivity contribution in [1.29, 1.82) is 0 Å². The van der Waals surface area contributed by atoms with Crippen molar-refractivity contribution in [2.45, 2.75) is 6.92 Å². The van der Waals surface area contributed by atoms with E-state index in [1.807, 2.05) is 55.3 Å². The summed E-state index contributed by atoms with van der Waals surface area (Å²) < 4.78 is 13.3. The zero-order chi connectivity index (χ0) is 29.5. The second-order valence-corrected chi connectivity index (χ2v) is 10.5. The van der Waals surface area contributed by atoms with E-state index in [2.05, 4.69) is 20.2 Å². The van der Waals surface area contributed by atoms with E-state index in [1.165, 1.54) is 12.1 Å². The number of hydrogen-bond donors (Lipinski definition) is 3. The van der Waals surface area contributed by atoms with Gasteiger partial charge >= 0.3 is 0 Å². The van der Waals surface area contributed by atoms with Gasteiger partial charge in [0.15, 0.2) is 0 Å². The number of benzene rings is 3. The maximum atomic E-state index is 13.3. The van der Waals surface area contributed by atoms with Crippen molar-refractivity contribution in [2.24, 2.45) is 5.73 Å². The third kappa shape index (κ3) is 5.54. The van der Waals surface area contributed by atoms with Gasteiger partial charge in [-0.3, -0.25) is 14.4 Å². The molecular weight excluding hydrogens is 571 g/mol. The van der Waals surface area contributed by atoms with Gasteiger partial charge in [-0.05, 0) is 67.1 Å². The molecule has 0 spiro atoms. The summed E-state index contributed by atoms with van der Waals surface area (Å²) in [7, 11) is 2.04. The molecule has 0 atom stereocenters. The first kappa shape index (κ1) is 29.7. The molecule has 3 amide bonds. The Morgan fingerprint density at radius 1 is 0.977 bits per heavy atom. The van der Waals surface area contributed by atoms with E-state index in [4.69, 9.17) is 5.73 Å². The molecule has 3 heterocycles. The summed E-state index contributed by atoms with van der Waals surface area (Å²) in [6.45, 7) is 4.87. The molecule has 220 valence electrons. The first-order valence-corrected chi connectivity index (χ1v) is 13.6. The summed E-state index contributed by atoms with van der Waals surface area (Å²) in [5.74, 6) is -1.60. The van der Waals surface area contributed by atoms with Gasteiger partial charge in [0.2, 0.25) is 0 Å². The Labute approximate surface area is 253 Å². The van der Waals surface area contributed by atoms with E-state index in [0.29, 0.717) is 40.9 Å². The zero-order valence-electron chi connectivity index (χ0n) is 23.6. The summed E-state index contributed by atoms with van der Waals surface area (Å²) in [5.41, 5.74) is 11.0. The molecule has 2 aromatic heterocycles. The van der Waals surface area contributed by atoms with Crippen LogP contribution in [0, 0.1) is 12.7 Å². The lowest BCUT2D eigenvalue weighted by atomic mass is 9.93. The average Bonchev–Trinajstić information content (AvgIpc) is 3.37. The van der Waals surface area contributed by atoms with Gasteiger partial charge in [0.1, 0.15) is 11.5 Å². The number of nitrogens with two attached hydrogens (primary N) is 1. The van der Waals surface area contributed by atoms with Crippen molar-refractivity contribution >= 4 is 57.6 Å². The fourth-order valence-electron chi connectivity index (χ4n) is 5.53. The quantitative estimate of drug-likeness (QED) is 0.262. The molecule has 1 aliphatic heterocycles. The molecule has 3 aromatic carbocycles. The number of nitrogens with zero attached hydrogens (tertiary/aromatic N) is 3. The lowest BCUT2D eigenvalue weighted by Gasteiger charge is -2.32. The molecule has 5 aromatic rings. The number of H-pyrrole nitrogens is 1. The number of primary amides is 1. The second kappa shape index (κ2) is 11.8. The topological polar surface area (TPSA) is 124 Å². The Morgan fingerprint density at radius 3 is 2.44 bits per heavy atom. The molecule has 0 aliphatic carbocycles. The van der Waals surface area contributed by atoms with Crippen LogP contribution in [-0.4, -0.2) is 70.7 Å². The number of amides is 3. The minimum absolute atomic E-state index is 0. The molecule has 0 saturated carbocycles. The number of carbonyl (C=O) groups is 3. The number of likely N-dealkylation sites (N-methyl/N-ethyl adjacent to an activating group) is 1. The smallest absolute Gasteiger partial charge is 0.274 e. The number of nitrogens with one attached hydrogen (secondary N) is 2. The fraction of sp³-hybridized carbons (Fsp3) is 0.188. The van der Waals surface area contributed by atoms with Crippen LogP contribution < -0.4 is 11.1 Å². The lowest BCUT2D eigenvalue weighted by Crippen LogP contribution is -2.47. The standard InChI is InChI=1S/C32H29FN6O3.ClH/c1-18-21(4-3-5-25(18)37-31(41)26-11-7-20(33)17-35-26)22-9-10-24(30(34)40)29-28(22)23-8-6-19(16-27(23)36-29)32(42)39-14-12-38(2)13-15-39;/h3-11,16-17,36H,12-15H2,1-2H3,(H2,34,40)(H,37,41);1H. The molecule has 0 unspecified atom stereocenters. The van der Waals surface area contributed by atoms with Gasteiger partial charge in [0.25, 0.3) is 17.7 Å². The molecule has 11 heteroatoms. The monoisotopic (exact) mass is 600 g/mol. The molecule has 1 fully saturated rings. The number of carbonyl (C=O) groups excluding carboxylic acids is 3. The Balaban J connectivity index is 0.00000368. The van der Waals surface area contributed by atoms with Crippen LogP contribution in [0.5, 0.6) is 0 Å². The van der Waals surface area contributed by atoms with Gasteiger partial charge in [0, 0.05) is 53.7 Å². The van der Waals surface area contributed by atoms with Crippen molar-refractivity contribution in [3.05, 3.63) is 95.1 Å². The Hall–Kier alpha value is -4.80. The van der Waals surface area contributed by atoms with Crippen LogP contribution >= 0.6 is 12.4 Å².